The molecule has 1 aromatic heterocycles. The molecule has 2 unspecified atom stereocenters. The number of nitrogens with zero attached hydrogens (tertiary/aromatic N) is 2. The van der Waals surface area contributed by atoms with E-state index in [1.165, 1.54) is 17.7 Å². The van der Waals surface area contributed by atoms with Crippen molar-refractivity contribution in [2.75, 3.05) is 12.8 Å². The molecule has 2 atom stereocenters. The lowest BCUT2D eigenvalue weighted by Gasteiger charge is -2.17. The minimum absolute atomic E-state index is 0.545. The molecule has 0 aromatic carbocycles. The van der Waals surface area contributed by atoms with Crippen LogP contribution in [0.1, 0.15) is 25.8 Å². The maximum absolute atomic E-state index is 4.20. The number of hydrogen-bond acceptors (Lipinski definition) is 3. The zero-order valence-corrected chi connectivity index (χ0v) is 11.5. The van der Waals surface area contributed by atoms with Crippen molar-refractivity contribution in [2.24, 2.45) is 7.05 Å². The Balaban J connectivity index is 2.37. The van der Waals surface area contributed by atoms with Crippen molar-refractivity contribution in [1.82, 2.24) is 15.1 Å². The van der Waals surface area contributed by atoms with E-state index in [1.807, 2.05) is 36.7 Å². The topological polar surface area (TPSA) is 29.9 Å². The summed E-state index contributed by atoms with van der Waals surface area (Å²) in [5.41, 5.74) is 1.31. The predicted octanol–water partition coefficient (Wildman–Crippen LogP) is 2.08. The molecule has 0 fully saturated rings. The summed E-state index contributed by atoms with van der Waals surface area (Å²) >= 11 is 2.05. The molecule has 0 aliphatic rings. The molecule has 1 N–H and O–H groups in total. The van der Waals surface area contributed by atoms with E-state index in [-0.39, 0.29) is 0 Å². The molecule has 1 rings (SSSR count). The number of aromatic nitrogens is 2. The lowest BCUT2D eigenvalue weighted by atomic mass is 10.1. The van der Waals surface area contributed by atoms with Crippen LogP contribution in [0.25, 0.3) is 0 Å². The van der Waals surface area contributed by atoms with Crippen LogP contribution in [0.15, 0.2) is 12.4 Å². The van der Waals surface area contributed by atoms with Gasteiger partial charge in [-0.05, 0) is 25.5 Å². The van der Waals surface area contributed by atoms with Crippen LogP contribution in [0.5, 0.6) is 0 Å². The monoisotopic (exact) mass is 241 g/mol. The van der Waals surface area contributed by atoms with Crippen molar-refractivity contribution >= 4 is 11.8 Å². The number of likely N-dealkylation sites (N-methyl/N-ethyl adjacent to an activating group) is 1. The van der Waals surface area contributed by atoms with Gasteiger partial charge in [0.25, 0.3) is 0 Å². The van der Waals surface area contributed by atoms with Crippen molar-refractivity contribution < 1.29 is 0 Å². The third kappa shape index (κ3) is 4.58. The number of rotatable bonds is 7. The molecule has 16 heavy (non-hydrogen) atoms. The van der Waals surface area contributed by atoms with Gasteiger partial charge in [0.15, 0.2) is 0 Å². The highest BCUT2D eigenvalue weighted by atomic mass is 32.2. The summed E-state index contributed by atoms with van der Waals surface area (Å²) in [5, 5.41) is 8.33. The Labute approximate surface area is 103 Å². The Morgan fingerprint density at radius 2 is 2.31 bits per heavy atom. The summed E-state index contributed by atoms with van der Waals surface area (Å²) in [6, 6.07) is 0.545. The normalized spacial score (nSPS) is 15.0. The van der Waals surface area contributed by atoms with Crippen molar-refractivity contribution in [2.45, 2.75) is 38.0 Å². The molecule has 3 nitrogen and oxygen atoms in total. The first-order valence-corrected chi connectivity index (χ1v) is 6.97. The molecule has 0 aliphatic carbocycles. The molecule has 0 saturated carbocycles. The Hall–Kier alpha value is -0.480. The third-order valence-electron chi connectivity index (χ3n) is 2.81. The molecule has 1 heterocycles. The average molecular weight is 241 g/mol. The summed E-state index contributed by atoms with van der Waals surface area (Å²) in [5.74, 6) is 1.17. The first kappa shape index (κ1) is 13.6. The summed E-state index contributed by atoms with van der Waals surface area (Å²) in [7, 11) is 4.00. The summed E-state index contributed by atoms with van der Waals surface area (Å²) < 4.78 is 1.86. The predicted molar refractivity (Wildman–Crippen MR) is 72.0 cm³/mol. The molecule has 0 amide bonds. The van der Waals surface area contributed by atoms with E-state index in [2.05, 4.69) is 30.5 Å². The van der Waals surface area contributed by atoms with Crippen LogP contribution >= 0.6 is 11.8 Å². The molecule has 0 aliphatic heterocycles. The van der Waals surface area contributed by atoms with E-state index in [4.69, 9.17) is 0 Å². The van der Waals surface area contributed by atoms with Gasteiger partial charge in [-0.25, -0.2) is 0 Å². The zero-order chi connectivity index (χ0) is 12.0. The number of nitrogens with one attached hydrogen (secondary N) is 1. The molecule has 0 bridgehead atoms. The first-order chi connectivity index (χ1) is 7.65. The molecular weight excluding hydrogens is 218 g/mol. The Bertz CT molecular complexity index is 298. The molecule has 1 aromatic rings. The molecule has 0 spiro atoms. The lowest BCUT2D eigenvalue weighted by Crippen LogP contribution is -2.30. The fourth-order valence-corrected chi connectivity index (χ4v) is 2.59. The Kier molecular flexibility index (Phi) is 5.91. The third-order valence-corrected chi connectivity index (χ3v) is 4.30. The minimum Gasteiger partial charge on any atom is -0.316 e. The van der Waals surface area contributed by atoms with Gasteiger partial charge in [-0.15, -0.1) is 0 Å². The highest BCUT2D eigenvalue weighted by Crippen LogP contribution is 2.16. The number of hydrogen-bond donors (Lipinski definition) is 1. The Morgan fingerprint density at radius 1 is 1.56 bits per heavy atom. The van der Waals surface area contributed by atoms with Crippen molar-refractivity contribution in [1.29, 1.82) is 0 Å². The summed E-state index contributed by atoms with van der Waals surface area (Å²) in [4.78, 5) is 0. The van der Waals surface area contributed by atoms with Crippen LogP contribution in [0.4, 0.5) is 0 Å². The second-order valence-electron chi connectivity index (χ2n) is 4.26. The van der Waals surface area contributed by atoms with Crippen LogP contribution in [0.2, 0.25) is 0 Å². The second-order valence-corrected chi connectivity index (χ2v) is 5.74. The molecule has 0 radical (unpaired) electrons. The average Bonchev–Trinajstić information content (AvgIpc) is 2.69. The standard InChI is InChI=1S/C12H23N3S/c1-5-10(2)16-9-12(13-3)6-11-7-14-15(4)8-11/h7-8,10,12-13H,5-6,9H2,1-4H3. The largest absolute Gasteiger partial charge is 0.316 e. The van der Waals surface area contributed by atoms with Gasteiger partial charge < -0.3 is 5.32 Å². The van der Waals surface area contributed by atoms with Gasteiger partial charge in [0.05, 0.1) is 6.20 Å². The van der Waals surface area contributed by atoms with E-state index in [9.17, 15) is 0 Å². The van der Waals surface area contributed by atoms with E-state index in [1.54, 1.807) is 0 Å². The number of thioether (sulfide) groups is 1. The van der Waals surface area contributed by atoms with E-state index in [0.717, 1.165) is 11.7 Å². The highest BCUT2D eigenvalue weighted by molar-refractivity contribution is 7.99. The quantitative estimate of drug-likeness (QED) is 0.792. The van der Waals surface area contributed by atoms with Crippen LogP contribution in [0, 0.1) is 0 Å². The zero-order valence-electron chi connectivity index (χ0n) is 10.7. The molecule has 0 saturated heterocycles. The van der Waals surface area contributed by atoms with Gasteiger partial charge in [-0.1, -0.05) is 13.8 Å². The SMILES string of the molecule is CCC(C)SCC(Cc1cnn(C)c1)NC. The summed E-state index contributed by atoms with van der Waals surface area (Å²) in [6.07, 6.45) is 6.36. The van der Waals surface area contributed by atoms with Crippen LogP contribution in [-0.2, 0) is 13.5 Å². The van der Waals surface area contributed by atoms with Gasteiger partial charge >= 0.3 is 0 Å². The fourth-order valence-electron chi connectivity index (χ4n) is 1.50. The van der Waals surface area contributed by atoms with Crippen molar-refractivity contribution in [3.8, 4) is 0 Å². The van der Waals surface area contributed by atoms with Gasteiger partial charge in [-0.3, -0.25) is 4.68 Å². The van der Waals surface area contributed by atoms with E-state index >= 15 is 0 Å². The smallest absolute Gasteiger partial charge is 0.0522 e. The Morgan fingerprint density at radius 3 is 2.81 bits per heavy atom. The van der Waals surface area contributed by atoms with Crippen molar-refractivity contribution in [3.05, 3.63) is 18.0 Å². The molecular formula is C12H23N3S. The van der Waals surface area contributed by atoms with Gasteiger partial charge in [0.1, 0.15) is 0 Å². The van der Waals surface area contributed by atoms with Crippen LogP contribution in [0.3, 0.4) is 0 Å². The highest BCUT2D eigenvalue weighted by Gasteiger charge is 2.10. The van der Waals surface area contributed by atoms with E-state index < -0.39 is 0 Å². The van der Waals surface area contributed by atoms with Gasteiger partial charge in [0, 0.05) is 30.3 Å². The maximum atomic E-state index is 4.20. The van der Waals surface area contributed by atoms with Gasteiger partial charge in [0.2, 0.25) is 0 Å². The molecule has 92 valence electrons. The lowest BCUT2D eigenvalue weighted by molar-refractivity contribution is 0.615. The van der Waals surface area contributed by atoms with E-state index in [0.29, 0.717) is 6.04 Å². The van der Waals surface area contributed by atoms with Gasteiger partial charge in [-0.2, -0.15) is 16.9 Å². The minimum atomic E-state index is 0.545. The summed E-state index contributed by atoms with van der Waals surface area (Å²) in [6.45, 7) is 4.54. The molecule has 4 heteroatoms. The van der Waals surface area contributed by atoms with Crippen LogP contribution in [-0.4, -0.2) is 33.9 Å². The van der Waals surface area contributed by atoms with Crippen LogP contribution < -0.4 is 5.32 Å². The maximum Gasteiger partial charge on any atom is 0.0522 e. The van der Waals surface area contributed by atoms with Crippen molar-refractivity contribution in [3.63, 3.8) is 0 Å². The fraction of sp³-hybridized carbons (Fsp3) is 0.750. The number of aryl methyl sites for hydroxylation is 1. The first-order valence-electron chi connectivity index (χ1n) is 5.92. The second kappa shape index (κ2) is 6.97.